The molecule has 0 saturated carbocycles. The molecule has 0 aliphatic carbocycles. The van der Waals surface area contributed by atoms with E-state index in [0.29, 0.717) is 33.5 Å². The minimum absolute atomic E-state index is 0.00304. The molecule has 0 aliphatic rings. The van der Waals surface area contributed by atoms with Crippen molar-refractivity contribution >= 4 is 68.6 Å². The molecule has 2 aromatic heterocycles. The van der Waals surface area contributed by atoms with Gasteiger partial charge in [0.2, 0.25) is 5.91 Å². The lowest BCUT2D eigenvalue weighted by Crippen LogP contribution is -2.27. The van der Waals surface area contributed by atoms with Gasteiger partial charge in [0.15, 0.2) is 4.34 Å². The van der Waals surface area contributed by atoms with Crippen molar-refractivity contribution < 1.29 is 9.72 Å². The standard InChI is InChI=1S/C29H23N5O3S3/c35-27(30-15-13-20-6-2-1-3-7-20)19-38-29-33-23-11-10-22(17-26(23)40-29)32-18-21-9-12-25(24(16-21)34(36)37)39-28-8-4-5-14-31-28/h1-12,14,16-18H,13,15,19H2,(H,30,35). The fraction of sp³-hybridized carbons (Fsp3) is 0.103. The molecular formula is C29H23N5O3S3. The molecule has 5 aromatic rings. The van der Waals surface area contributed by atoms with Gasteiger partial charge in [-0.15, -0.1) is 11.3 Å². The summed E-state index contributed by atoms with van der Waals surface area (Å²) in [6.07, 6.45) is 4.06. The summed E-state index contributed by atoms with van der Waals surface area (Å²) in [6.45, 7) is 0.597. The normalized spacial score (nSPS) is 11.2. The fourth-order valence-electron chi connectivity index (χ4n) is 3.72. The van der Waals surface area contributed by atoms with Gasteiger partial charge < -0.3 is 5.32 Å². The Morgan fingerprint density at radius 3 is 2.70 bits per heavy atom. The topological polar surface area (TPSA) is 110 Å². The highest BCUT2D eigenvalue weighted by Gasteiger charge is 2.16. The van der Waals surface area contributed by atoms with Crippen LogP contribution in [0.2, 0.25) is 0 Å². The lowest BCUT2D eigenvalue weighted by Gasteiger charge is -2.04. The summed E-state index contributed by atoms with van der Waals surface area (Å²) < 4.78 is 1.76. The molecule has 5 rings (SSSR count). The smallest absolute Gasteiger partial charge is 0.283 e. The minimum Gasteiger partial charge on any atom is -0.355 e. The number of nitro groups is 1. The summed E-state index contributed by atoms with van der Waals surface area (Å²) in [4.78, 5) is 37.4. The summed E-state index contributed by atoms with van der Waals surface area (Å²) in [5.74, 6) is 0.275. The number of nitro benzene ring substituents is 1. The van der Waals surface area contributed by atoms with Gasteiger partial charge in [-0.1, -0.05) is 66.0 Å². The first-order valence-corrected chi connectivity index (χ1v) is 14.9. The Bertz CT molecular complexity index is 1660. The van der Waals surface area contributed by atoms with Crippen molar-refractivity contribution in [3.05, 3.63) is 112 Å². The first-order chi connectivity index (χ1) is 19.5. The number of nitrogens with one attached hydrogen (secondary N) is 1. The van der Waals surface area contributed by atoms with Gasteiger partial charge in [0, 0.05) is 25.0 Å². The number of hydrogen-bond donors (Lipinski definition) is 1. The highest BCUT2D eigenvalue weighted by Crippen LogP contribution is 2.35. The second kappa shape index (κ2) is 13.3. The van der Waals surface area contributed by atoms with Crippen LogP contribution in [0.15, 0.2) is 110 Å². The Labute approximate surface area is 243 Å². The minimum atomic E-state index is -0.394. The highest BCUT2D eigenvalue weighted by atomic mass is 32.2. The van der Waals surface area contributed by atoms with E-state index < -0.39 is 4.92 Å². The van der Waals surface area contributed by atoms with Gasteiger partial charge in [0.25, 0.3) is 5.69 Å². The predicted molar refractivity (Wildman–Crippen MR) is 162 cm³/mol. The lowest BCUT2D eigenvalue weighted by molar-refractivity contribution is -0.387. The van der Waals surface area contributed by atoms with Gasteiger partial charge in [0.05, 0.1) is 31.5 Å². The zero-order valence-corrected chi connectivity index (χ0v) is 23.5. The van der Waals surface area contributed by atoms with Crippen molar-refractivity contribution in [2.24, 2.45) is 4.99 Å². The number of amides is 1. The van der Waals surface area contributed by atoms with E-state index in [0.717, 1.165) is 21.0 Å². The van der Waals surface area contributed by atoms with Gasteiger partial charge in [-0.25, -0.2) is 9.97 Å². The van der Waals surface area contributed by atoms with Crippen molar-refractivity contribution in [1.82, 2.24) is 15.3 Å². The Morgan fingerprint density at radius 1 is 1.05 bits per heavy atom. The van der Waals surface area contributed by atoms with Crippen LogP contribution in [0.5, 0.6) is 0 Å². The number of carbonyl (C=O) groups is 1. The van der Waals surface area contributed by atoms with Gasteiger partial charge in [-0.3, -0.25) is 19.9 Å². The quantitative estimate of drug-likeness (QED) is 0.0773. The molecule has 0 atom stereocenters. The number of rotatable bonds is 11. The molecule has 0 unspecified atom stereocenters. The zero-order valence-electron chi connectivity index (χ0n) is 21.1. The molecule has 1 N–H and O–H groups in total. The molecule has 8 nitrogen and oxygen atoms in total. The van der Waals surface area contributed by atoms with Crippen LogP contribution < -0.4 is 5.32 Å². The number of aliphatic imine (C=N–C) groups is 1. The molecule has 2 heterocycles. The van der Waals surface area contributed by atoms with Crippen LogP contribution in [-0.2, 0) is 11.2 Å². The molecule has 0 fully saturated rings. The molecule has 0 saturated heterocycles. The van der Waals surface area contributed by atoms with Crippen molar-refractivity contribution in [3.8, 4) is 0 Å². The number of hydrogen-bond acceptors (Lipinski definition) is 9. The van der Waals surface area contributed by atoms with Crippen molar-refractivity contribution in [2.45, 2.75) is 20.7 Å². The van der Waals surface area contributed by atoms with E-state index in [2.05, 4.69) is 20.3 Å². The van der Waals surface area contributed by atoms with E-state index in [1.165, 1.54) is 46.5 Å². The summed E-state index contributed by atoms with van der Waals surface area (Å²) in [6, 6.07) is 26.2. The molecule has 0 bridgehead atoms. The maximum atomic E-state index is 12.3. The van der Waals surface area contributed by atoms with E-state index in [9.17, 15) is 14.9 Å². The molecule has 3 aromatic carbocycles. The van der Waals surface area contributed by atoms with Crippen molar-refractivity contribution in [2.75, 3.05) is 12.3 Å². The Balaban J connectivity index is 1.19. The van der Waals surface area contributed by atoms with E-state index in [1.54, 1.807) is 30.6 Å². The summed E-state index contributed by atoms with van der Waals surface area (Å²) in [5.41, 5.74) is 3.36. The molecule has 0 spiro atoms. The monoisotopic (exact) mass is 585 g/mol. The van der Waals surface area contributed by atoms with Gasteiger partial charge in [-0.2, -0.15) is 0 Å². The third-order valence-corrected chi connectivity index (χ3v) is 8.83. The number of benzene rings is 3. The van der Waals surface area contributed by atoms with Crippen molar-refractivity contribution in [3.63, 3.8) is 0 Å². The fourth-order valence-corrected chi connectivity index (χ4v) is 6.51. The number of aromatic nitrogens is 2. The lowest BCUT2D eigenvalue weighted by atomic mass is 10.1. The maximum absolute atomic E-state index is 12.3. The van der Waals surface area contributed by atoms with E-state index in [4.69, 9.17) is 0 Å². The Hall–Kier alpha value is -4.06. The van der Waals surface area contributed by atoms with Gasteiger partial charge >= 0.3 is 0 Å². The number of fused-ring (bicyclic) bond motifs is 1. The Morgan fingerprint density at radius 2 is 1.90 bits per heavy atom. The summed E-state index contributed by atoms with van der Waals surface area (Å²) >= 11 is 4.16. The van der Waals surface area contributed by atoms with Crippen LogP contribution in [0.3, 0.4) is 0 Å². The molecule has 0 aliphatic heterocycles. The summed E-state index contributed by atoms with van der Waals surface area (Å²) in [7, 11) is 0. The zero-order chi connectivity index (χ0) is 27.7. The van der Waals surface area contributed by atoms with Gasteiger partial charge in [-0.05, 0) is 53.9 Å². The van der Waals surface area contributed by atoms with Gasteiger partial charge in [0.1, 0.15) is 5.03 Å². The molecule has 200 valence electrons. The Kier molecular flexibility index (Phi) is 9.17. The molecular weight excluding hydrogens is 563 g/mol. The van der Waals surface area contributed by atoms with Crippen LogP contribution in [0.4, 0.5) is 11.4 Å². The van der Waals surface area contributed by atoms with Crippen LogP contribution in [0, 0.1) is 10.1 Å². The average molecular weight is 586 g/mol. The predicted octanol–water partition coefficient (Wildman–Crippen LogP) is 6.95. The molecule has 11 heteroatoms. The third kappa shape index (κ3) is 7.53. The van der Waals surface area contributed by atoms with E-state index >= 15 is 0 Å². The highest BCUT2D eigenvalue weighted by molar-refractivity contribution is 8.01. The second-order valence-electron chi connectivity index (χ2n) is 8.52. The number of thiazole rings is 1. The van der Waals surface area contributed by atoms with Crippen LogP contribution in [0.1, 0.15) is 11.1 Å². The largest absolute Gasteiger partial charge is 0.355 e. The molecule has 1 amide bonds. The summed E-state index contributed by atoms with van der Waals surface area (Å²) in [5, 5.41) is 15.3. The second-order valence-corrected chi connectivity index (χ2v) is 11.8. The van der Waals surface area contributed by atoms with E-state index in [-0.39, 0.29) is 11.6 Å². The SMILES string of the molecule is O=C(CSc1nc2ccc(N=Cc3ccc(Sc4ccccn4)c([N+](=O)[O-])c3)cc2s1)NCCc1ccccc1. The number of pyridine rings is 1. The maximum Gasteiger partial charge on any atom is 0.283 e. The number of nitrogens with zero attached hydrogens (tertiary/aromatic N) is 4. The van der Waals surface area contributed by atoms with E-state index in [1.807, 2.05) is 60.7 Å². The number of carbonyl (C=O) groups excluding carboxylic acids is 1. The van der Waals surface area contributed by atoms with Crippen LogP contribution in [0.25, 0.3) is 10.2 Å². The first-order valence-electron chi connectivity index (χ1n) is 12.3. The first kappa shape index (κ1) is 27.5. The molecule has 0 radical (unpaired) electrons. The van der Waals surface area contributed by atoms with Crippen LogP contribution in [-0.4, -0.2) is 39.3 Å². The van der Waals surface area contributed by atoms with Crippen LogP contribution >= 0.6 is 34.9 Å². The third-order valence-electron chi connectivity index (χ3n) is 5.65. The molecule has 40 heavy (non-hydrogen) atoms. The average Bonchev–Trinajstić information content (AvgIpc) is 3.39. The number of thioether (sulfide) groups is 1. The van der Waals surface area contributed by atoms with Crippen molar-refractivity contribution in [1.29, 1.82) is 0 Å².